The number of likely N-dealkylation sites (tertiary alicyclic amines) is 1. The van der Waals surface area contributed by atoms with Gasteiger partial charge in [-0.05, 0) is 102 Å². The number of aryl methyl sites for hydroxylation is 1. The van der Waals surface area contributed by atoms with Crippen LogP contribution in [0.4, 0.5) is 9.59 Å². The lowest BCUT2D eigenvalue weighted by atomic mass is 9.87. The summed E-state index contributed by atoms with van der Waals surface area (Å²) in [4.78, 5) is 40.8. The molecule has 1 aliphatic rings. The Morgan fingerprint density at radius 1 is 0.976 bits per heavy atom. The van der Waals surface area contributed by atoms with Gasteiger partial charge in [0.1, 0.15) is 16.2 Å². The summed E-state index contributed by atoms with van der Waals surface area (Å²) in [7, 11) is 0. The molecule has 42 heavy (non-hydrogen) atoms. The summed E-state index contributed by atoms with van der Waals surface area (Å²) in [5.74, 6) is 0.314. The zero-order valence-corrected chi connectivity index (χ0v) is 27.1. The number of amides is 1. The fourth-order valence-corrected chi connectivity index (χ4v) is 5.86. The monoisotopic (exact) mass is 597 g/mol. The van der Waals surface area contributed by atoms with Crippen molar-refractivity contribution in [2.75, 3.05) is 13.1 Å². The molecule has 0 spiro atoms. The Hall–Kier alpha value is -3.26. The number of carbonyl (C=O) groups excluding carboxylic acids is 2. The minimum absolute atomic E-state index is 0.0521. The van der Waals surface area contributed by atoms with Crippen LogP contribution in [0.25, 0.3) is 22.2 Å². The van der Waals surface area contributed by atoms with E-state index in [4.69, 9.17) is 21.1 Å². The number of carbonyl (C=O) groups is 2. The topological polar surface area (TPSA) is 82.8 Å². The van der Waals surface area contributed by atoms with Gasteiger partial charge < -0.3 is 18.9 Å². The molecule has 9 heteroatoms. The Morgan fingerprint density at radius 3 is 2.12 bits per heavy atom. The van der Waals surface area contributed by atoms with Crippen LogP contribution in [0.15, 0.2) is 35.3 Å². The molecule has 0 unspecified atom stereocenters. The zero-order chi connectivity index (χ0) is 31.1. The van der Waals surface area contributed by atoms with Gasteiger partial charge in [-0.2, -0.15) is 0 Å². The van der Waals surface area contributed by atoms with E-state index in [2.05, 4.69) is 26.0 Å². The third-order valence-electron chi connectivity index (χ3n) is 7.46. The second-order valence-corrected chi connectivity index (χ2v) is 13.8. The molecule has 0 radical (unpaired) electrons. The number of rotatable bonds is 4. The average molecular weight is 598 g/mol. The van der Waals surface area contributed by atoms with Crippen molar-refractivity contribution in [3.8, 4) is 11.3 Å². The lowest BCUT2D eigenvalue weighted by Gasteiger charge is -2.33. The number of aromatic nitrogens is 2. The molecule has 1 saturated heterocycles. The van der Waals surface area contributed by atoms with Crippen LogP contribution >= 0.6 is 11.6 Å². The highest BCUT2D eigenvalue weighted by atomic mass is 35.5. The van der Waals surface area contributed by atoms with E-state index in [1.807, 2.05) is 54.5 Å². The van der Waals surface area contributed by atoms with Gasteiger partial charge in [-0.25, -0.2) is 14.2 Å². The maximum Gasteiger partial charge on any atom is 0.419 e. The second-order valence-electron chi connectivity index (χ2n) is 13.4. The number of hydrogen-bond acceptors (Lipinski definition) is 5. The maximum absolute atomic E-state index is 13.8. The molecule has 3 heterocycles. The molecule has 0 bridgehead atoms. The first-order chi connectivity index (χ1) is 19.5. The lowest BCUT2D eigenvalue weighted by Crippen LogP contribution is -2.41. The molecule has 8 nitrogen and oxygen atoms in total. The maximum atomic E-state index is 13.8. The first-order valence-corrected chi connectivity index (χ1v) is 15.2. The number of piperidine rings is 1. The minimum atomic E-state index is -0.704. The first-order valence-electron chi connectivity index (χ1n) is 14.8. The molecule has 0 aliphatic carbocycles. The second kappa shape index (κ2) is 11.8. The molecule has 228 valence electrons. The van der Waals surface area contributed by atoms with Gasteiger partial charge in [0, 0.05) is 36.8 Å². The van der Waals surface area contributed by atoms with Gasteiger partial charge in [0.15, 0.2) is 0 Å². The van der Waals surface area contributed by atoms with Gasteiger partial charge in [0.2, 0.25) is 0 Å². The lowest BCUT2D eigenvalue weighted by molar-refractivity contribution is 0.0204. The van der Waals surface area contributed by atoms with Crippen LogP contribution in [0.2, 0.25) is 5.02 Å². The van der Waals surface area contributed by atoms with E-state index in [0.29, 0.717) is 30.9 Å². The smallest absolute Gasteiger partial charge is 0.419 e. The van der Waals surface area contributed by atoms with Crippen LogP contribution in [0.1, 0.15) is 98.1 Å². The predicted molar refractivity (Wildman–Crippen MR) is 168 cm³/mol. The van der Waals surface area contributed by atoms with Crippen molar-refractivity contribution in [3.05, 3.63) is 57.0 Å². The molecule has 1 aliphatic heterocycles. The van der Waals surface area contributed by atoms with Gasteiger partial charge in [0.05, 0.1) is 11.2 Å². The van der Waals surface area contributed by atoms with Gasteiger partial charge >= 0.3 is 12.2 Å². The molecule has 3 aromatic rings. The third-order valence-corrected chi connectivity index (χ3v) is 7.73. The SMILES string of the molecule is CCn1cc(-c2c(C(C)C)c3cc(C4CCN(C(=O)OC(C)(C)C)CC4)ccc3n2C(=O)OC(C)(C)C)cc(Cl)c1=O. The highest BCUT2D eigenvalue weighted by Gasteiger charge is 2.31. The summed E-state index contributed by atoms with van der Waals surface area (Å²) >= 11 is 6.42. The molecule has 0 N–H and O–H groups in total. The van der Waals surface area contributed by atoms with E-state index >= 15 is 0 Å². The Labute approximate surface area is 253 Å². The number of hydrogen-bond donors (Lipinski definition) is 0. The van der Waals surface area contributed by atoms with Crippen LogP contribution in [-0.4, -0.2) is 50.5 Å². The van der Waals surface area contributed by atoms with E-state index in [-0.39, 0.29) is 28.5 Å². The van der Waals surface area contributed by atoms with Crippen molar-refractivity contribution < 1.29 is 19.1 Å². The number of pyridine rings is 1. The van der Waals surface area contributed by atoms with Crippen LogP contribution in [0.3, 0.4) is 0 Å². The van der Waals surface area contributed by atoms with Crippen LogP contribution in [-0.2, 0) is 16.0 Å². The number of nitrogens with zero attached hydrogens (tertiary/aromatic N) is 3. The van der Waals surface area contributed by atoms with Crippen LogP contribution in [0, 0.1) is 0 Å². The average Bonchev–Trinajstić information content (AvgIpc) is 3.23. The molecular formula is C33H44ClN3O5. The van der Waals surface area contributed by atoms with Gasteiger partial charge in [-0.1, -0.05) is 31.5 Å². The predicted octanol–water partition coefficient (Wildman–Crippen LogP) is 8.16. The summed E-state index contributed by atoms with van der Waals surface area (Å²) < 4.78 is 14.6. The number of fused-ring (bicyclic) bond motifs is 1. The standard InChI is InChI=1S/C33H44ClN3O5/c1-10-35-19-23(18-25(34)29(35)38)28-27(20(2)3)24-17-22(11-12-26(24)37(28)31(40)42-33(7,8)9)21-13-15-36(16-14-21)30(39)41-32(4,5)6/h11-12,17-21H,10,13-16H2,1-9H3. The fraction of sp³-hybridized carbons (Fsp3) is 0.545. The van der Waals surface area contributed by atoms with Crippen molar-refractivity contribution >= 4 is 34.7 Å². The highest BCUT2D eigenvalue weighted by molar-refractivity contribution is 6.30. The van der Waals surface area contributed by atoms with Crippen molar-refractivity contribution in [2.45, 2.75) is 105 Å². The molecule has 0 saturated carbocycles. The van der Waals surface area contributed by atoms with E-state index in [9.17, 15) is 14.4 Å². The first kappa shape index (κ1) is 31.7. The molecule has 2 aromatic heterocycles. The molecule has 0 atom stereocenters. The van der Waals surface area contributed by atoms with E-state index in [0.717, 1.165) is 34.9 Å². The Balaban J connectivity index is 1.83. The van der Waals surface area contributed by atoms with E-state index < -0.39 is 17.3 Å². The summed E-state index contributed by atoms with van der Waals surface area (Å²) in [6.07, 6.45) is 2.64. The normalized spacial score (nSPS) is 15.0. The summed E-state index contributed by atoms with van der Waals surface area (Å²) in [6.45, 7) is 18.9. The number of halogens is 1. The quantitative estimate of drug-likeness (QED) is 0.303. The van der Waals surface area contributed by atoms with Crippen molar-refractivity contribution in [1.82, 2.24) is 14.0 Å². The van der Waals surface area contributed by atoms with Gasteiger partial charge in [-0.15, -0.1) is 0 Å². The zero-order valence-electron chi connectivity index (χ0n) is 26.3. The van der Waals surface area contributed by atoms with Crippen molar-refractivity contribution in [2.24, 2.45) is 0 Å². The van der Waals surface area contributed by atoms with Crippen molar-refractivity contribution in [3.63, 3.8) is 0 Å². The molecular weight excluding hydrogens is 554 g/mol. The molecule has 1 amide bonds. The number of benzene rings is 1. The van der Waals surface area contributed by atoms with Gasteiger partial charge in [0.25, 0.3) is 5.56 Å². The Morgan fingerprint density at radius 2 is 1.57 bits per heavy atom. The third kappa shape index (κ3) is 6.69. The summed E-state index contributed by atoms with van der Waals surface area (Å²) in [5, 5.41) is 1.06. The van der Waals surface area contributed by atoms with Crippen molar-refractivity contribution in [1.29, 1.82) is 0 Å². The molecule has 1 fully saturated rings. The molecule has 1 aromatic carbocycles. The largest absolute Gasteiger partial charge is 0.444 e. The molecule has 4 rings (SSSR count). The van der Waals surface area contributed by atoms with Gasteiger partial charge in [-0.3, -0.25) is 4.79 Å². The van der Waals surface area contributed by atoms with E-state index in [1.165, 1.54) is 0 Å². The summed E-state index contributed by atoms with van der Waals surface area (Å²) in [6, 6.07) is 7.89. The Kier molecular flexibility index (Phi) is 8.89. The highest BCUT2D eigenvalue weighted by Crippen LogP contribution is 2.41. The fourth-order valence-electron chi connectivity index (χ4n) is 5.64. The van der Waals surface area contributed by atoms with Crippen LogP contribution < -0.4 is 5.56 Å². The summed E-state index contributed by atoms with van der Waals surface area (Å²) in [5.41, 5.74) is 2.75. The van der Waals surface area contributed by atoms with E-state index in [1.54, 1.807) is 26.3 Å². The van der Waals surface area contributed by atoms with Crippen LogP contribution in [0.5, 0.6) is 0 Å². The number of ether oxygens (including phenoxy) is 2. The Bertz CT molecular complexity index is 1550. The minimum Gasteiger partial charge on any atom is -0.444 e.